The minimum Gasteiger partial charge on any atom is -0.354 e. The molecule has 0 spiro atoms. The van der Waals surface area contributed by atoms with Crippen LogP contribution < -0.4 is 0 Å². The number of nitrogens with zero attached hydrogens (tertiary/aromatic N) is 1. The standard InChI is InChI=1S/C22H15F3N2/c23-22(24,25)18-8-6-17(7-9-18)21-19(15-10-12-26-13-11-15)14-20(27-21)16-4-2-1-3-5-16/h1-14,27H. The topological polar surface area (TPSA) is 28.7 Å². The van der Waals surface area contributed by atoms with E-state index in [4.69, 9.17) is 0 Å². The molecule has 4 rings (SSSR count). The number of H-pyrrole nitrogens is 1. The SMILES string of the molecule is FC(F)(F)c1ccc(-c2[nH]c(-c3ccccc3)cc2-c2ccncc2)cc1. The molecule has 2 aromatic carbocycles. The molecule has 0 radical (unpaired) electrons. The molecule has 0 bridgehead atoms. The van der Waals surface area contributed by atoms with Crippen LogP contribution in [0.25, 0.3) is 33.6 Å². The number of alkyl halides is 3. The molecule has 27 heavy (non-hydrogen) atoms. The summed E-state index contributed by atoms with van der Waals surface area (Å²) < 4.78 is 38.6. The molecule has 0 amide bonds. The second-order valence-electron chi connectivity index (χ2n) is 6.15. The van der Waals surface area contributed by atoms with Crippen LogP contribution in [0, 0.1) is 0 Å². The number of aromatic nitrogens is 2. The number of benzene rings is 2. The van der Waals surface area contributed by atoms with E-state index < -0.39 is 11.7 Å². The molecule has 0 aliphatic heterocycles. The zero-order valence-electron chi connectivity index (χ0n) is 14.2. The Labute approximate surface area is 154 Å². The third-order valence-corrected chi connectivity index (χ3v) is 4.39. The maximum atomic E-state index is 12.9. The maximum absolute atomic E-state index is 12.9. The Morgan fingerprint density at radius 1 is 0.704 bits per heavy atom. The molecule has 134 valence electrons. The lowest BCUT2D eigenvalue weighted by Gasteiger charge is -2.08. The van der Waals surface area contributed by atoms with Gasteiger partial charge in [0.15, 0.2) is 0 Å². The van der Waals surface area contributed by atoms with E-state index in [0.717, 1.165) is 40.2 Å². The van der Waals surface area contributed by atoms with Crippen LogP contribution in [0.15, 0.2) is 85.2 Å². The summed E-state index contributed by atoms with van der Waals surface area (Å²) in [7, 11) is 0. The van der Waals surface area contributed by atoms with E-state index in [2.05, 4.69) is 9.97 Å². The molecule has 2 heterocycles. The van der Waals surface area contributed by atoms with Gasteiger partial charge in [0.2, 0.25) is 0 Å². The number of aromatic amines is 1. The van der Waals surface area contributed by atoms with Crippen LogP contribution in [-0.4, -0.2) is 9.97 Å². The highest BCUT2D eigenvalue weighted by atomic mass is 19.4. The molecular formula is C22H15F3N2. The lowest BCUT2D eigenvalue weighted by atomic mass is 10.0. The average Bonchev–Trinajstić information content (AvgIpc) is 3.14. The van der Waals surface area contributed by atoms with Gasteiger partial charge in [0.25, 0.3) is 0 Å². The summed E-state index contributed by atoms with van der Waals surface area (Å²) in [4.78, 5) is 7.41. The van der Waals surface area contributed by atoms with E-state index in [1.807, 2.05) is 48.5 Å². The summed E-state index contributed by atoms with van der Waals surface area (Å²) in [6.07, 6.45) is -0.959. The van der Waals surface area contributed by atoms with Gasteiger partial charge in [-0.2, -0.15) is 13.2 Å². The largest absolute Gasteiger partial charge is 0.416 e. The van der Waals surface area contributed by atoms with Crippen LogP contribution in [0.1, 0.15) is 5.56 Å². The van der Waals surface area contributed by atoms with Gasteiger partial charge >= 0.3 is 6.18 Å². The minimum atomic E-state index is -4.35. The monoisotopic (exact) mass is 364 g/mol. The second-order valence-corrected chi connectivity index (χ2v) is 6.15. The first-order chi connectivity index (χ1) is 13.0. The summed E-state index contributed by atoms with van der Waals surface area (Å²) in [5.41, 5.74) is 4.56. The zero-order chi connectivity index (χ0) is 18.9. The predicted molar refractivity (Wildman–Crippen MR) is 99.9 cm³/mol. The summed E-state index contributed by atoms with van der Waals surface area (Å²) in [5.74, 6) is 0. The van der Waals surface area contributed by atoms with E-state index in [1.54, 1.807) is 12.4 Å². The van der Waals surface area contributed by atoms with Crippen LogP contribution in [0.5, 0.6) is 0 Å². The highest BCUT2D eigenvalue weighted by molar-refractivity contribution is 5.85. The first kappa shape index (κ1) is 17.1. The average molecular weight is 364 g/mol. The van der Waals surface area contributed by atoms with Crippen LogP contribution in [0.4, 0.5) is 13.2 Å². The van der Waals surface area contributed by atoms with E-state index in [1.165, 1.54) is 12.1 Å². The molecule has 0 atom stereocenters. The fourth-order valence-corrected chi connectivity index (χ4v) is 3.04. The van der Waals surface area contributed by atoms with Gasteiger partial charge < -0.3 is 4.98 Å². The summed E-state index contributed by atoms with van der Waals surface area (Å²) >= 11 is 0. The number of rotatable bonds is 3. The summed E-state index contributed by atoms with van der Waals surface area (Å²) in [5, 5.41) is 0. The molecule has 2 aromatic heterocycles. The first-order valence-electron chi connectivity index (χ1n) is 8.39. The van der Waals surface area contributed by atoms with Crippen LogP contribution >= 0.6 is 0 Å². The van der Waals surface area contributed by atoms with Gasteiger partial charge in [0, 0.05) is 23.7 Å². The molecule has 5 heteroatoms. The van der Waals surface area contributed by atoms with Crippen molar-refractivity contribution in [3.05, 3.63) is 90.8 Å². The fraction of sp³-hybridized carbons (Fsp3) is 0.0455. The third-order valence-electron chi connectivity index (χ3n) is 4.39. The van der Waals surface area contributed by atoms with Gasteiger partial charge in [-0.15, -0.1) is 0 Å². The van der Waals surface area contributed by atoms with Crippen molar-refractivity contribution < 1.29 is 13.2 Å². The molecule has 0 fully saturated rings. The van der Waals surface area contributed by atoms with Crippen LogP contribution in [-0.2, 0) is 6.18 Å². The number of halogens is 3. The van der Waals surface area contributed by atoms with Crippen LogP contribution in [0.3, 0.4) is 0 Å². The normalized spacial score (nSPS) is 11.5. The summed E-state index contributed by atoms with van der Waals surface area (Å²) in [6.45, 7) is 0. The number of nitrogens with one attached hydrogen (secondary N) is 1. The Morgan fingerprint density at radius 2 is 1.37 bits per heavy atom. The van der Waals surface area contributed by atoms with Crippen LogP contribution in [0.2, 0.25) is 0 Å². The smallest absolute Gasteiger partial charge is 0.354 e. The Hall–Kier alpha value is -3.34. The quantitative estimate of drug-likeness (QED) is 0.446. The van der Waals surface area contributed by atoms with Gasteiger partial charge in [-0.05, 0) is 47.0 Å². The Kier molecular flexibility index (Phi) is 4.28. The van der Waals surface area contributed by atoms with Crippen molar-refractivity contribution in [3.8, 4) is 33.6 Å². The zero-order valence-corrected chi connectivity index (χ0v) is 14.2. The fourth-order valence-electron chi connectivity index (χ4n) is 3.04. The summed E-state index contributed by atoms with van der Waals surface area (Å²) in [6, 6.07) is 20.8. The van der Waals surface area contributed by atoms with Gasteiger partial charge in [-0.3, -0.25) is 4.98 Å². The van der Waals surface area contributed by atoms with Crippen molar-refractivity contribution in [3.63, 3.8) is 0 Å². The van der Waals surface area contributed by atoms with E-state index in [0.29, 0.717) is 5.56 Å². The van der Waals surface area contributed by atoms with Gasteiger partial charge in [-0.1, -0.05) is 42.5 Å². The molecule has 0 aliphatic rings. The molecule has 0 saturated heterocycles. The highest BCUT2D eigenvalue weighted by Gasteiger charge is 2.30. The van der Waals surface area contributed by atoms with Crippen molar-refractivity contribution in [1.29, 1.82) is 0 Å². The van der Waals surface area contributed by atoms with E-state index in [9.17, 15) is 13.2 Å². The van der Waals surface area contributed by atoms with Crippen molar-refractivity contribution in [2.45, 2.75) is 6.18 Å². The number of pyridine rings is 1. The molecule has 0 unspecified atom stereocenters. The van der Waals surface area contributed by atoms with Gasteiger partial charge in [0.1, 0.15) is 0 Å². The predicted octanol–water partition coefficient (Wildman–Crippen LogP) is 6.43. The maximum Gasteiger partial charge on any atom is 0.416 e. The van der Waals surface area contributed by atoms with E-state index in [-0.39, 0.29) is 0 Å². The van der Waals surface area contributed by atoms with Crippen molar-refractivity contribution in [1.82, 2.24) is 9.97 Å². The molecule has 2 nitrogen and oxygen atoms in total. The van der Waals surface area contributed by atoms with Gasteiger partial charge in [-0.25, -0.2) is 0 Å². The van der Waals surface area contributed by atoms with Crippen molar-refractivity contribution >= 4 is 0 Å². The number of hydrogen-bond donors (Lipinski definition) is 1. The van der Waals surface area contributed by atoms with E-state index >= 15 is 0 Å². The Balaban J connectivity index is 1.85. The Morgan fingerprint density at radius 3 is 2.00 bits per heavy atom. The molecule has 0 saturated carbocycles. The minimum absolute atomic E-state index is 0.661. The second kappa shape index (κ2) is 6.76. The molecule has 0 aliphatic carbocycles. The molecular weight excluding hydrogens is 349 g/mol. The third kappa shape index (κ3) is 3.49. The lowest BCUT2D eigenvalue weighted by molar-refractivity contribution is -0.137. The molecule has 1 N–H and O–H groups in total. The molecule has 4 aromatic rings. The van der Waals surface area contributed by atoms with Crippen molar-refractivity contribution in [2.75, 3.05) is 0 Å². The first-order valence-corrected chi connectivity index (χ1v) is 8.39. The highest BCUT2D eigenvalue weighted by Crippen LogP contribution is 2.37. The van der Waals surface area contributed by atoms with Crippen molar-refractivity contribution in [2.24, 2.45) is 0 Å². The Bertz CT molecular complexity index is 1030. The van der Waals surface area contributed by atoms with Gasteiger partial charge in [0.05, 0.1) is 11.3 Å². The number of hydrogen-bond acceptors (Lipinski definition) is 1. The lowest BCUT2D eigenvalue weighted by Crippen LogP contribution is -2.04.